The number of hydrogen-bond donors (Lipinski definition) is 0. The second kappa shape index (κ2) is 7.34. The minimum Gasteiger partial charge on any atom is -0.292 e. The lowest BCUT2D eigenvalue weighted by Crippen LogP contribution is -2.40. The van der Waals surface area contributed by atoms with E-state index in [9.17, 15) is 4.91 Å². The smallest absolute Gasteiger partial charge is 0.102 e. The molecule has 1 unspecified atom stereocenters. The summed E-state index contributed by atoms with van der Waals surface area (Å²) in [5.41, 5.74) is 1.08. The highest BCUT2D eigenvalue weighted by Gasteiger charge is 2.23. The van der Waals surface area contributed by atoms with Crippen LogP contribution in [0, 0.1) is 4.91 Å². The molecule has 0 amide bonds. The molecule has 0 N–H and O–H groups in total. The predicted octanol–water partition coefficient (Wildman–Crippen LogP) is 3.37. The molecule has 1 atom stereocenters. The summed E-state index contributed by atoms with van der Waals surface area (Å²) in [6.45, 7) is 3.46. The lowest BCUT2D eigenvalue weighted by molar-refractivity contribution is 0.140. The fourth-order valence-electron chi connectivity index (χ4n) is 2.86. The molecule has 1 saturated carbocycles. The van der Waals surface area contributed by atoms with E-state index in [1.54, 1.807) is 0 Å². The van der Waals surface area contributed by atoms with E-state index < -0.39 is 0 Å². The second-order valence-corrected chi connectivity index (χ2v) is 5.50. The highest BCUT2D eigenvalue weighted by atomic mass is 16.3. The minimum absolute atomic E-state index is 0.148. The maximum atomic E-state index is 10.7. The third-order valence-corrected chi connectivity index (χ3v) is 3.86. The standard InChI is InChI=1S/C15H23N3O/c1-13(17-19)11-18(15-8-3-2-4-9-15)12-14-7-5-6-10-16-14/h5-7,10,13,15H,2-4,8-9,11-12H2,1H3. The van der Waals surface area contributed by atoms with Crippen LogP contribution < -0.4 is 0 Å². The van der Waals surface area contributed by atoms with Gasteiger partial charge in [-0.3, -0.25) is 9.88 Å². The maximum Gasteiger partial charge on any atom is 0.102 e. The van der Waals surface area contributed by atoms with Gasteiger partial charge in [0.25, 0.3) is 0 Å². The van der Waals surface area contributed by atoms with Crippen LogP contribution in [0.1, 0.15) is 44.7 Å². The minimum atomic E-state index is -0.148. The first-order chi connectivity index (χ1) is 9.29. The molecule has 104 valence electrons. The van der Waals surface area contributed by atoms with Crippen molar-refractivity contribution in [3.63, 3.8) is 0 Å². The Morgan fingerprint density at radius 2 is 2.16 bits per heavy atom. The number of rotatable bonds is 6. The predicted molar refractivity (Wildman–Crippen MR) is 76.8 cm³/mol. The van der Waals surface area contributed by atoms with E-state index in [-0.39, 0.29) is 6.04 Å². The largest absolute Gasteiger partial charge is 0.292 e. The van der Waals surface area contributed by atoms with Crippen LogP contribution in [-0.2, 0) is 6.54 Å². The van der Waals surface area contributed by atoms with E-state index in [2.05, 4.69) is 21.1 Å². The summed E-state index contributed by atoms with van der Waals surface area (Å²) in [4.78, 5) is 17.5. The first kappa shape index (κ1) is 14.1. The molecule has 1 aromatic rings. The lowest BCUT2D eigenvalue weighted by atomic mass is 9.93. The molecular weight excluding hydrogens is 238 g/mol. The van der Waals surface area contributed by atoms with E-state index in [0.717, 1.165) is 18.8 Å². The Morgan fingerprint density at radius 1 is 1.37 bits per heavy atom. The van der Waals surface area contributed by atoms with Gasteiger partial charge in [0.1, 0.15) is 6.04 Å². The molecule has 0 spiro atoms. The Morgan fingerprint density at radius 3 is 2.79 bits per heavy atom. The van der Waals surface area contributed by atoms with Gasteiger partial charge in [0.05, 0.1) is 5.69 Å². The van der Waals surface area contributed by atoms with Gasteiger partial charge in [0, 0.05) is 25.3 Å². The monoisotopic (exact) mass is 261 g/mol. The third kappa shape index (κ3) is 4.39. The summed E-state index contributed by atoms with van der Waals surface area (Å²) in [6.07, 6.45) is 8.24. The molecule has 4 nitrogen and oxygen atoms in total. The van der Waals surface area contributed by atoms with Crippen LogP contribution in [0.3, 0.4) is 0 Å². The average Bonchev–Trinajstić information content (AvgIpc) is 2.48. The van der Waals surface area contributed by atoms with Crippen molar-refractivity contribution in [3.8, 4) is 0 Å². The Balaban J connectivity index is 2.02. The lowest BCUT2D eigenvalue weighted by Gasteiger charge is -2.34. The van der Waals surface area contributed by atoms with Crippen molar-refractivity contribution in [3.05, 3.63) is 35.0 Å². The van der Waals surface area contributed by atoms with Crippen LogP contribution in [-0.4, -0.2) is 28.5 Å². The first-order valence-corrected chi connectivity index (χ1v) is 7.26. The summed E-state index contributed by atoms with van der Waals surface area (Å²) in [5.74, 6) is 0. The summed E-state index contributed by atoms with van der Waals surface area (Å²) < 4.78 is 0. The number of nitrogens with zero attached hydrogens (tertiary/aromatic N) is 3. The van der Waals surface area contributed by atoms with Gasteiger partial charge in [-0.25, -0.2) is 0 Å². The van der Waals surface area contributed by atoms with E-state index >= 15 is 0 Å². The van der Waals surface area contributed by atoms with Crippen LogP contribution in [0.2, 0.25) is 0 Å². The van der Waals surface area contributed by atoms with Gasteiger partial charge >= 0.3 is 0 Å². The van der Waals surface area contributed by atoms with Crippen molar-refractivity contribution >= 4 is 0 Å². The molecule has 4 heteroatoms. The molecule has 0 aromatic carbocycles. The fraction of sp³-hybridized carbons (Fsp3) is 0.667. The van der Waals surface area contributed by atoms with E-state index in [1.807, 2.05) is 25.3 Å². The quantitative estimate of drug-likeness (QED) is 0.737. The zero-order chi connectivity index (χ0) is 13.5. The highest BCUT2D eigenvalue weighted by Crippen LogP contribution is 2.24. The molecule has 1 heterocycles. The Bertz CT molecular complexity index is 376. The molecule has 1 fully saturated rings. The van der Waals surface area contributed by atoms with Crippen molar-refractivity contribution in [2.75, 3.05) is 6.54 Å². The fourth-order valence-corrected chi connectivity index (χ4v) is 2.86. The normalized spacial score (nSPS) is 18.4. The maximum absolute atomic E-state index is 10.7. The van der Waals surface area contributed by atoms with Gasteiger partial charge in [0.15, 0.2) is 0 Å². The number of pyridine rings is 1. The molecule has 2 rings (SSSR count). The Labute approximate surface area is 115 Å². The topological polar surface area (TPSA) is 45.6 Å². The molecule has 0 aliphatic heterocycles. The molecule has 0 saturated heterocycles. The summed E-state index contributed by atoms with van der Waals surface area (Å²) in [6, 6.07) is 6.44. The zero-order valence-electron chi connectivity index (χ0n) is 11.7. The SMILES string of the molecule is CC(CN(Cc1ccccn1)C1CCCCC1)N=O. The van der Waals surface area contributed by atoms with Crippen molar-refractivity contribution < 1.29 is 0 Å². The third-order valence-electron chi connectivity index (χ3n) is 3.86. The van der Waals surface area contributed by atoms with Crippen LogP contribution in [0.4, 0.5) is 0 Å². The van der Waals surface area contributed by atoms with Gasteiger partial charge in [-0.2, -0.15) is 4.91 Å². The van der Waals surface area contributed by atoms with Crippen molar-refractivity contribution in [1.29, 1.82) is 0 Å². The van der Waals surface area contributed by atoms with Gasteiger partial charge in [-0.05, 0) is 31.9 Å². The molecule has 0 bridgehead atoms. The molecule has 1 aliphatic carbocycles. The van der Waals surface area contributed by atoms with Crippen LogP contribution in [0.15, 0.2) is 29.6 Å². The van der Waals surface area contributed by atoms with Crippen molar-refractivity contribution in [2.45, 2.75) is 57.7 Å². The summed E-state index contributed by atoms with van der Waals surface area (Å²) in [7, 11) is 0. The zero-order valence-corrected chi connectivity index (χ0v) is 11.7. The number of hydrogen-bond acceptors (Lipinski definition) is 4. The molecular formula is C15H23N3O. The second-order valence-electron chi connectivity index (χ2n) is 5.50. The van der Waals surface area contributed by atoms with Crippen LogP contribution in [0.25, 0.3) is 0 Å². The molecule has 1 aromatic heterocycles. The molecule has 1 aliphatic rings. The molecule has 19 heavy (non-hydrogen) atoms. The van der Waals surface area contributed by atoms with Crippen molar-refractivity contribution in [1.82, 2.24) is 9.88 Å². The Hall–Kier alpha value is -1.29. The van der Waals surface area contributed by atoms with Crippen molar-refractivity contribution in [2.24, 2.45) is 5.18 Å². The van der Waals surface area contributed by atoms with Gasteiger partial charge in [0.2, 0.25) is 0 Å². The van der Waals surface area contributed by atoms with Gasteiger partial charge in [-0.1, -0.05) is 30.5 Å². The van der Waals surface area contributed by atoms with Gasteiger partial charge in [-0.15, -0.1) is 0 Å². The van der Waals surface area contributed by atoms with E-state index in [4.69, 9.17) is 0 Å². The van der Waals surface area contributed by atoms with Crippen LogP contribution in [0.5, 0.6) is 0 Å². The average molecular weight is 261 g/mol. The first-order valence-electron chi connectivity index (χ1n) is 7.26. The van der Waals surface area contributed by atoms with E-state index in [0.29, 0.717) is 6.04 Å². The summed E-state index contributed by atoms with van der Waals surface area (Å²) >= 11 is 0. The molecule has 0 radical (unpaired) electrons. The van der Waals surface area contributed by atoms with Gasteiger partial charge < -0.3 is 0 Å². The number of aromatic nitrogens is 1. The van der Waals surface area contributed by atoms with E-state index in [1.165, 1.54) is 32.1 Å². The van der Waals surface area contributed by atoms with Crippen LogP contribution >= 0.6 is 0 Å². The Kier molecular flexibility index (Phi) is 5.45. The number of nitroso groups, excluding NO2 is 1. The summed E-state index contributed by atoms with van der Waals surface area (Å²) in [5, 5.41) is 3.15. The highest BCUT2D eigenvalue weighted by molar-refractivity contribution is 5.03.